The molecule has 116 valence electrons. The van der Waals surface area contributed by atoms with Gasteiger partial charge < -0.3 is 5.11 Å². The van der Waals surface area contributed by atoms with Gasteiger partial charge in [-0.15, -0.1) is 11.3 Å². The Bertz CT molecular complexity index is 850. The molecule has 0 saturated carbocycles. The molecule has 0 radical (unpaired) electrons. The minimum atomic E-state index is -0.914. The van der Waals surface area contributed by atoms with Crippen LogP contribution in [0.5, 0.6) is 0 Å². The Kier molecular flexibility index (Phi) is 4.26. The monoisotopic (exact) mass is 323 g/mol. The van der Waals surface area contributed by atoms with Crippen molar-refractivity contribution in [1.29, 1.82) is 0 Å². The molecule has 1 N–H and O–H groups in total. The predicted octanol–water partition coefficient (Wildman–Crippen LogP) is 5.05. The molecule has 0 bridgehead atoms. The first-order chi connectivity index (χ1) is 11.1. The van der Waals surface area contributed by atoms with Crippen molar-refractivity contribution in [2.24, 2.45) is 0 Å². The Morgan fingerprint density at radius 1 is 1.09 bits per heavy atom. The minimum absolute atomic E-state index is 0.300. The van der Waals surface area contributed by atoms with Crippen molar-refractivity contribution >= 4 is 17.3 Å². The molecule has 0 aliphatic carbocycles. The Morgan fingerprint density at radius 2 is 1.78 bits per heavy atom. The van der Waals surface area contributed by atoms with E-state index in [1.54, 1.807) is 23.5 Å². The molecule has 3 rings (SSSR count). The van der Waals surface area contributed by atoms with E-state index in [9.17, 15) is 9.90 Å². The maximum atomic E-state index is 11.5. The fraction of sp³-hybridized carbons (Fsp3) is 0.158. The SMILES string of the molecule is CCc1ncsc1-c1cc(C(=O)O)cc(-c2ccc(C)cc2)c1. The summed E-state index contributed by atoms with van der Waals surface area (Å²) in [5.41, 5.74) is 7.14. The molecule has 3 nitrogen and oxygen atoms in total. The van der Waals surface area contributed by atoms with Gasteiger partial charge in [0, 0.05) is 0 Å². The third-order valence-electron chi connectivity index (χ3n) is 3.80. The summed E-state index contributed by atoms with van der Waals surface area (Å²) in [6, 6.07) is 13.6. The molecule has 0 aliphatic heterocycles. The Labute approximate surface area is 139 Å². The fourth-order valence-electron chi connectivity index (χ4n) is 2.55. The third kappa shape index (κ3) is 3.17. The number of carboxylic acid groups (broad SMARTS) is 1. The number of aromatic carboxylic acids is 1. The van der Waals surface area contributed by atoms with Crippen LogP contribution in [-0.4, -0.2) is 16.1 Å². The summed E-state index contributed by atoms with van der Waals surface area (Å²) in [7, 11) is 0. The number of carbonyl (C=O) groups is 1. The zero-order valence-electron chi connectivity index (χ0n) is 13.0. The van der Waals surface area contributed by atoms with Crippen LogP contribution in [0.25, 0.3) is 21.6 Å². The average molecular weight is 323 g/mol. The molecule has 0 unspecified atom stereocenters. The van der Waals surface area contributed by atoms with E-state index in [4.69, 9.17) is 0 Å². The molecule has 23 heavy (non-hydrogen) atoms. The zero-order chi connectivity index (χ0) is 16.4. The van der Waals surface area contributed by atoms with Gasteiger partial charge in [0.15, 0.2) is 0 Å². The van der Waals surface area contributed by atoms with E-state index < -0.39 is 5.97 Å². The molecule has 4 heteroatoms. The van der Waals surface area contributed by atoms with Crippen molar-refractivity contribution in [3.63, 3.8) is 0 Å². The van der Waals surface area contributed by atoms with Gasteiger partial charge in [0.05, 0.1) is 21.6 Å². The van der Waals surface area contributed by atoms with Crippen LogP contribution in [0.3, 0.4) is 0 Å². The molecule has 0 fully saturated rings. The fourth-order valence-corrected chi connectivity index (χ4v) is 3.42. The second-order valence-corrected chi connectivity index (χ2v) is 6.31. The topological polar surface area (TPSA) is 50.2 Å². The van der Waals surface area contributed by atoms with E-state index in [1.807, 2.05) is 42.8 Å². The second-order valence-electron chi connectivity index (χ2n) is 5.45. The van der Waals surface area contributed by atoms with Crippen LogP contribution in [0.15, 0.2) is 48.0 Å². The average Bonchev–Trinajstić information content (AvgIpc) is 3.03. The smallest absolute Gasteiger partial charge is 0.335 e. The molecule has 1 heterocycles. The van der Waals surface area contributed by atoms with Gasteiger partial charge >= 0.3 is 5.97 Å². The predicted molar refractivity (Wildman–Crippen MR) is 94.1 cm³/mol. The van der Waals surface area contributed by atoms with Gasteiger partial charge in [0.25, 0.3) is 0 Å². The van der Waals surface area contributed by atoms with E-state index in [-0.39, 0.29) is 0 Å². The molecule has 2 aromatic carbocycles. The Hall–Kier alpha value is -2.46. The standard InChI is InChI=1S/C19H17NO2S/c1-3-17-18(23-11-20-17)15-8-14(9-16(10-15)19(21)22)13-6-4-12(2)5-7-13/h4-11H,3H2,1-2H3,(H,21,22). The van der Waals surface area contributed by atoms with Crippen LogP contribution in [0.2, 0.25) is 0 Å². The quantitative estimate of drug-likeness (QED) is 0.731. The van der Waals surface area contributed by atoms with Crippen molar-refractivity contribution in [2.75, 3.05) is 0 Å². The first kappa shape index (κ1) is 15.4. The van der Waals surface area contributed by atoms with Gasteiger partial charge in [0.1, 0.15) is 0 Å². The van der Waals surface area contributed by atoms with Crippen molar-refractivity contribution in [1.82, 2.24) is 4.98 Å². The number of nitrogens with zero attached hydrogens (tertiary/aromatic N) is 1. The lowest BCUT2D eigenvalue weighted by atomic mass is 9.98. The van der Waals surface area contributed by atoms with Crippen LogP contribution >= 0.6 is 11.3 Å². The lowest BCUT2D eigenvalue weighted by Crippen LogP contribution is -1.98. The molecule has 0 amide bonds. The van der Waals surface area contributed by atoms with Gasteiger partial charge in [-0.25, -0.2) is 9.78 Å². The van der Waals surface area contributed by atoms with E-state index >= 15 is 0 Å². The van der Waals surface area contributed by atoms with E-state index in [1.165, 1.54) is 5.56 Å². The van der Waals surface area contributed by atoms with Gasteiger partial charge in [0.2, 0.25) is 0 Å². The second kappa shape index (κ2) is 6.34. The van der Waals surface area contributed by atoms with Gasteiger partial charge in [-0.05, 0) is 48.2 Å². The van der Waals surface area contributed by atoms with Crippen LogP contribution in [0.4, 0.5) is 0 Å². The Balaban J connectivity index is 2.17. The van der Waals surface area contributed by atoms with Gasteiger partial charge in [-0.2, -0.15) is 0 Å². The summed E-state index contributed by atoms with van der Waals surface area (Å²) < 4.78 is 0. The highest BCUT2D eigenvalue weighted by atomic mass is 32.1. The summed E-state index contributed by atoms with van der Waals surface area (Å²) in [6.07, 6.45) is 0.829. The lowest BCUT2D eigenvalue weighted by molar-refractivity contribution is 0.0697. The first-order valence-corrected chi connectivity index (χ1v) is 8.34. The molecule has 0 atom stereocenters. The molecule has 3 aromatic rings. The Morgan fingerprint density at radius 3 is 2.43 bits per heavy atom. The summed E-state index contributed by atoms with van der Waals surface area (Å²) in [4.78, 5) is 16.9. The molecule has 0 aliphatic rings. The number of hydrogen-bond donors (Lipinski definition) is 1. The first-order valence-electron chi connectivity index (χ1n) is 7.46. The summed E-state index contributed by atoms with van der Waals surface area (Å²) in [5.74, 6) is -0.914. The van der Waals surface area contributed by atoms with E-state index in [0.29, 0.717) is 5.56 Å². The molecule has 0 saturated heterocycles. The summed E-state index contributed by atoms with van der Waals surface area (Å²) >= 11 is 1.55. The number of carboxylic acids is 1. The number of aryl methyl sites for hydroxylation is 2. The highest BCUT2D eigenvalue weighted by Gasteiger charge is 2.13. The van der Waals surface area contributed by atoms with Crippen molar-refractivity contribution < 1.29 is 9.90 Å². The highest BCUT2D eigenvalue weighted by Crippen LogP contribution is 2.33. The number of aromatic nitrogens is 1. The molecular weight excluding hydrogens is 306 g/mol. The molecule has 1 aromatic heterocycles. The number of benzene rings is 2. The van der Waals surface area contributed by atoms with Crippen molar-refractivity contribution in [3.05, 3.63) is 64.8 Å². The minimum Gasteiger partial charge on any atom is -0.478 e. The zero-order valence-corrected chi connectivity index (χ0v) is 13.9. The third-order valence-corrected chi connectivity index (χ3v) is 4.72. The van der Waals surface area contributed by atoms with Crippen molar-refractivity contribution in [3.8, 4) is 21.6 Å². The highest BCUT2D eigenvalue weighted by molar-refractivity contribution is 7.13. The van der Waals surface area contributed by atoms with Gasteiger partial charge in [-0.1, -0.05) is 36.8 Å². The van der Waals surface area contributed by atoms with E-state index in [0.717, 1.165) is 33.7 Å². The van der Waals surface area contributed by atoms with Crippen LogP contribution in [-0.2, 0) is 6.42 Å². The summed E-state index contributed by atoms with van der Waals surface area (Å²) in [5, 5.41) is 9.44. The van der Waals surface area contributed by atoms with Crippen LogP contribution in [0.1, 0.15) is 28.5 Å². The largest absolute Gasteiger partial charge is 0.478 e. The normalized spacial score (nSPS) is 10.7. The van der Waals surface area contributed by atoms with Crippen molar-refractivity contribution in [2.45, 2.75) is 20.3 Å². The molecule has 0 spiro atoms. The molecular formula is C19H17NO2S. The number of hydrogen-bond acceptors (Lipinski definition) is 3. The number of rotatable bonds is 4. The van der Waals surface area contributed by atoms with Crippen LogP contribution < -0.4 is 0 Å². The van der Waals surface area contributed by atoms with Gasteiger partial charge in [-0.3, -0.25) is 0 Å². The van der Waals surface area contributed by atoms with Crippen LogP contribution in [0, 0.1) is 6.92 Å². The van der Waals surface area contributed by atoms with E-state index in [2.05, 4.69) is 11.9 Å². The summed E-state index contributed by atoms with van der Waals surface area (Å²) in [6.45, 7) is 4.09. The maximum absolute atomic E-state index is 11.5. The lowest BCUT2D eigenvalue weighted by Gasteiger charge is -2.08. The number of thiazole rings is 1. The maximum Gasteiger partial charge on any atom is 0.335 e.